The maximum Gasteiger partial charge on any atom is 0.335 e. The number of nitrogens with zero attached hydrogens (tertiary/aromatic N) is 1. The topological polar surface area (TPSA) is 103 Å². The average molecular weight is 495 g/mol. The molecule has 0 aliphatic rings. The van der Waals surface area contributed by atoms with E-state index in [0.29, 0.717) is 17.9 Å². The van der Waals surface area contributed by atoms with Gasteiger partial charge in [-0.1, -0.05) is 60.7 Å². The zero-order valence-electron chi connectivity index (χ0n) is 20.9. The number of hydrogen-bond donors (Lipinski definition) is 3. The molecular formula is C31H30N2O4. The summed E-state index contributed by atoms with van der Waals surface area (Å²) in [5, 5.41) is 35.0. The molecule has 4 rings (SSSR count). The molecule has 0 saturated heterocycles. The van der Waals surface area contributed by atoms with Crippen molar-refractivity contribution < 1.29 is 19.7 Å². The molecule has 188 valence electrons. The molecule has 0 amide bonds. The summed E-state index contributed by atoms with van der Waals surface area (Å²) in [4.78, 5) is 11.1. The van der Waals surface area contributed by atoms with E-state index >= 15 is 0 Å². The molecule has 4 aromatic rings. The molecule has 1 atom stereocenters. The smallest absolute Gasteiger partial charge is 0.335 e. The van der Waals surface area contributed by atoms with Crippen LogP contribution < -0.4 is 10.1 Å². The Morgan fingerprint density at radius 3 is 2.38 bits per heavy atom. The van der Waals surface area contributed by atoms with Gasteiger partial charge < -0.3 is 20.3 Å². The van der Waals surface area contributed by atoms with Gasteiger partial charge >= 0.3 is 5.97 Å². The largest absolute Gasteiger partial charge is 0.489 e. The molecule has 4 aromatic carbocycles. The number of carboxylic acids is 1. The second-order valence-corrected chi connectivity index (χ2v) is 9.79. The van der Waals surface area contributed by atoms with Crippen molar-refractivity contribution in [1.82, 2.24) is 5.32 Å². The van der Waals surface area contributed by atoms with Gasteiger partial charge in [0, 0.05) is 12.1 Å². The number of hydrogen-bond acceptors (Lipinski definition) is 5. The molecule has 0 bridgehead atoms. The maximum atomic E-state index is 11.1. The Morgan fingerprint density at radius 1 is 0.973 bits per heavy atom. The molecule has 37 heavy (non-hydrogen) atoms. The lowest BCUT2D eigenvalue weighted by atomic mass is 9.93. The number of β-amino-alcohol motifs (C(OH)–C–C–N with tert-alkyl or cyclic N) is 1. The molecular weight excluding hydrogens is 464 g/mol. The summed E-state index contributed by atoms with van der Waals surface area (Å²) in [5.74, 6) is -0.616. The fraction of sp³-hybridized carbons (Fsp3) is 0.226. The first-order valence-electron chi connectivity index (χ1n) is 12.2. The Morgan fingerprint density at radius 2 is 1.68 bits per heavy atom. The monoisotopic (exact) mass is 494 g/mol. The summed E-state index contributed by atoms with van der Waals surface area (Å²) in [6.45, 7) is 4.55. The number of nitriles is 1. The van der Waals surface area contributed by atoms with E-state index in [4.69, 9.17) is 9.84 Å². The van der Waals surface area contributed by atoms with E-state index in [1.165, 1.54) is 28.5 Å². The fourth-order valence-electron chi connectivity index (χ4n) is 4.28. The molecule has 0 spiro atoms. The number of aliphatic hydroxyl groups is 1. The van der Waals surface area contributed by atoms with Crippen molar-refractivity contribution in [2.24, 2.45) is 0 Å². The quantitative estimate of drug-likeness (QED) is 0.272. The molecule has 0 aliphatic carbocycles. The van der Waals surface area contributed by atoms with Crippen LogP contribution in [0, 0.1) is 11.3 Å². The summed E-state index contributed by atoms with van der Waals surface area (Å²) in [7, 11) is 0. The highest BCUT2D eigenvalue weighted by atomic mass is 16.5. The van der Waals surface area contributed by atoms with Crippen molar-refractivity contribution in [3.8, 4) is 22.9 Å². The summed E-state index contributed by atoms with van der Waals surface area (Å²) in [6, 6.07) is 28.5. The number of fused-ring (bicyclic) bond motifs is 1. The van der Waals surface area contributed by atoms with E-state index in [0.717, 1.165) is 17.5 Å². The Balaban J connectivity index is 1.35. The van der Waals surface area contributed by atoms with Gasteiger partial charge in [-0.2, -0.15) is 5.26 Å². The lowest BCUT2D eigenvalue weighted by molar-refractivity contribution is 0.0697. The molecule has 0 heterocycles. The number of rotatable bonds is 10. The van der Waals surface area contributed by atoms with Crippen LogP contribution in [0.25, 0.3) is 21.9 Å². The van der Waals surface area contributed by atoms with Gasteiger partial charge in [-0.15, -0.1) is 0 Å². The summed E-state index contributed by atoms with van der Waals surface area (Å²) in [5.41, 5.74) is 3.13. The molecule has 6 heteroatoms. The molecule has 0 fully saturated rings. The molecule has 0 aliphatic heterocycles. The molecule has 6 nitrogen and oxygen atoms in total. The van der Waals surface area contributed by atoms with Crippen molar-refractivity contribution in [2.45, 2.75) is 31.9 Å². The van der Waals surface area contributed by atoms with Crippen LogP contribution in [0.1, 0.15) is 35.3 Å². The Hall–Kier alpha value is -4.18. The third kappa shape index (κ3) is 6.73. The maximum absolute atomic E-state index is 11.1. The predicted octanol–water partition coefficient (Wildman–Crippen LogP) is 5.43. The van der Waals surface area contributed by atoms with Crippen molar-refractivity contribution in [3.63, 3.8) is 0 Å². The van der Waals surface area contributed by atoms with Crippen LogP contribution in [-0.4, -0.2) is 41.0 Å². The molecule has 0 radical (unpaired) electrons. The van der Waals surface area contributed by atoms with E-state index in [9.17, 15) is 15.2 Å². The van der Waals surface area contributed by atoms with Gasteiger partial charge in [0.2, 0.25) is 0 Å². The van der Waals surface area contributed by atoms with Gasteiger partial charge in [-0.25, -0.2) is 4.79 Å². The van der Waals surface area contributed by atoms with Gasteiger partial charge in [0.05, 0.1) is 11.1 Å². The molecule has 3 N–H and O–H groups in total. The number of benzene rings is 4. The zero-order valence-corrected chi connectivity index (χ0v) is 20.9. The van der Waals surface area contributed by atoms with Crippen LogP contribution >= 0.6 is 0 Å². The van der Waals surface area contributed by atoms with Crippen molar-refractivity contribution in [1.29, 1.82) is 5.26 Å². The first-order valence-corrected chi connectivity index (χ1v) is 12.2. The van der Waals surface area contributed by atoms with E-state index in [2.05, 4.69) is 55.6 Å². The highest BCUT2D eigenvalue weighted by Gasteiger charge is 2.20. The van der Waals surface area contributed by atoms with Gasteiger partial charge in [0.15, 0.2) is 0 Å². The Bertz CT molecular complexity index is 1440. The highest BCUT2D eigenvalue weighted by molar-refractivity contribution is 5.88. The lowest BCUT2D eigenvalue weighted by Crippen LogP contribution is -2.46. The van der Waals surface area contributed by atoms with Gasteiger partial charge in [0.1, 0.15) is 24.5 Å². The highest BCUT2D eigenvalue weighted by Crippen LogP contribution is 2.28. The molecule has 0 unspecified atom stereocenters. The normalized spacial score (nSPS) is 12.2. The first-order chi connectivity index (χ1) is 17.7. The van der Waals surface area contributed by atoms with Crippen LogP contribution in [0.15, 0.2) is 84.9 Å². The minimum absolute atomic E-state index is 0.0230. The van der Waals surface area contributed by atoms with E-state index < -0.39 is 12.1 Å². The number of aromatic carboxylic acids is 1. The minimum atomic E-state index is -0.988. The van der Waals surface area contributed by atoms with Crippen LogP contribution in [0.2, 0.25) is 0 Å². The summed E-state index contributed by atoms with van der Waals surface area (Å²) in [6.07, 6.45) is 0.0214. The number of ether oxygens (including phenoxy) is 1. The van der Waals surface area contributed by atoms with Gasteiger partial charge in [-0.05, 0) is 72.0 Å². The second kappa shape index (κ2) is 11.3. The fourth-order valence-corrected chi connectivity index (χ4v) is 4.28. The van der Waals surface area contributed by atoms with E-state index in [-0.39, 0.29) is 17.7 Å². The third-order valence-electron chi connectivity index (χ3n) is 6.27. The van der Waals surface area contributed by atoms with E-state index in [1.54, 1.807) is 30.3 Å². The molecule has 0 saturated carbocycles. The standard InChI is InChI=1S/C31H30N2O4/c1-31(2,17-21-7-8-22-5-3-4-6-25(22)15-21)33-19-28(34)20-37-29-16-26(13-14-27(29)18-32)23-9-11-24(12-10-23)30(35)36/h3-16,28,33-34H,17,19-20H2,1-2H3,(H,35,36)/t28-/m1/s1. The first kappa shape index (κ1) is 25.9. The van der Waals surface area contributed by atoms with Crippen LogP contribution in [-0.2, 0) is 6.42 Å². The average Bonchev–Trinajstić information content (AvgIpc) is 2.90. The van der Waals surface area contributed by atoms with Crippen molar-refractivity contribution in [3.05, 3.63) is 102 Å². The third-order valence-corrected chi connectivity index (χ3v) is 6.27. The second-order valence-electron chi connectivity index (χ2n) is 9.79. The summed E-state index contributed by atoms with van der Waals surface area (Å²) >= 11 is 0. The van der Waals surface area contributed by atoms with E-state index in [1.807, 2.05) is 12.1 Å². The van der Waals surface area contributed by atoms with Crippen LogP contribution in [0.5, 0.6) is 5.75 Å². The summed E-state index contributed by atoms with van der Waals surface area (Å²) < 4.78 is 5.84. The minimum Gasteiger partial charge on any atom is -0.489 e. The van der Waals surface area contributed by atoms with Gasteiger partial charge in [-0.3, -0.25) is 0 Å². The lowest BCUT2D eigenvalue weighted by Gasteiger charge is -2.28. The Kier molecular flexibility index (Phi) is 7.88. The van der Waals surface area contributed by atoms with Crippen molar-refractivity contribution >= 4 is 16.7 Å². The van der Waals surface area contributed by atoms with Crippen LogP contribution in [0.3, 0.4) is 0 Å². The number of aliphatic hydroxyl groups excluding tert-OH is 1. The van der Waals surface area contributed by atoms with Gasteiger partial charge in [0.25, 0.3) is 0 Å². The van der Waals surface area contributed by atoms with Crippen molar-refractivity contribution in [2.75, 3.05) is 13.2 Å². The Labute approximate surface area is 216 Å². The van der Waals surface area contributed by atoms with Crippen LogP contribution in [0.4, 0.5) is 0 Å². The number of carboxylic acid groups (broad SMARTS) is 1. The molecule has 0 aromatic heterocycles. The SMILES string of the molecule is CC(C)(Cc1ccc2ccccc2c1)NC[C@@H](O)COc1cc(-c2ccc(C(=O)O)cc2)ccc1C#N. The number of carbonyl (C=O) groups is 1. The zero-order chi connectivity index (χ0) is 26.4. The number of nitrogens with one attached hydrogen (secondary N) is 1. The predicted molar refractivity (Wildman–Crippen MR) is 145 cm³/mol.